The molecular formula is C15H25N3O3. The van der Waals surface area contributed by atoms with Gasteiger partial charge in [-0.05, 0) is 36.6 Å². The Hall–Kier alpha value is -1.52. The van der Waals surface area contributed by atoms with E-state index >= 15 is 0 Å². The minimum absolute atomic E-state index is 0.0135. The predicted octanol–water partition coefficient (Wildman–Crippen LogP) is 3.36. The Morgan fingerprint density at radius 2 is 2.24 bits per heavy atom. The highest BCUT2D eigenvalue weighted by Gasteiger charge is 2.21. The Morgan fingerprint density at radius 3 is 2.95 bits per heavy atom. The highest BCUT2D eigenvalue weighted by atomic mass is 16.5. The maximum Gasteiger partial charge on any atom is 0.306 e. The first-order chi connectivity index (χ1) is 10.0. The monoisotopic (exact) mass is 295 g/mol. The van der Waals surface area contributed by atoms with Crippen LogP contribution < -0.4 is 0 Å². The second kappa shape index (κ2) is 9.42. The molecule has 1 aliphatic heterocycles. The smallest absolute Gasteiger partial charge is 0.306 e. The van der Waals surface area contributed by atoms with Crippen LogP contribution in [0, 0.1) is 11.8 Å². The highest BCUT2D eigenvalue weighted by Crippen LogP contribution is 2.19. The maximum absolute atomic E-state index is 11.8. The summed E-state index contributed by atoms with van der Waals surface area (Å²) in [5.74, 6) is -0.0715. The Balaban J connectivity index is 2.70. The zero-order valence-corrected chi connectivity index (χ0v) is 12.8. The first-order valence-corrected chi connectivity index (χ1v) is 7.58. The van der Waals surface area contributed by atoms with E-state index in [1.165, 1.54) is 0 Å². The Labute approximate surface area is 125 Å². The van der Waals surface area contributed by atoms with Gasteiger partial charge in [0, 0.05) is 24.3 Å². The molecule has 0 fully saturated rings. The van der Waals surface area contributed by atoms with Gasteiger partial charge in [-0.1, -0.05) is 31.1 Å². The summed E-state index contributed by atoms with van der Waals surface area (Å²) in [5, 5.41) is 13.5. The van der Waals surface area contributed by atoms with Crippen molar-refractivity contribution in [2.75, 3.05) is 6.54 Å². The average Bonchev–Trinajstić information content (AvgIpc) is 2.46. The van der Waals surface area contributed by atoms with Gasteiger partial charge in [-0.2, -0.15) is 0 Å². The molecule has 1 rings (SSSR count). The van der Waals surface area contributed by atoms with Gasteiger partial charge in [0.2, 0.25) is 0 Å². The van der Waals surface area contributed by atoms with E-state index in [-0.39, 0.29) is 30.0 Å². The Kier molecular flexibility index (Phi) is 7.87. The van der Waals surface area contributed by atoms with Crippen LogP contribution in [0.1, 0.15) is 46.0 Å². The van der Waals surface area contributed by atoms with E-state index < -0.39 is 0 Å². The van der Waals surface area contributed by atoms with Crippen LogP contribution in [0.15, 0.2) is 17.3 Å². The first kappa shape index (κ1) is 17.5. The third-order valence-electron chi connectivity index (χ3n) is 3.93. The van der Waals surface area contributed by atoms with E-state index in [0.717, 1.165) is 6.42 Å². The van der Waals surface area contributed by atoms with Gasteiger partial charge in [0.05, 0.1) is 6.10 Å². The van der Waals surface area contributed by atoms with Crippen LogP contribution in [-0.2, 0) is 9.53 Å². The van der Waals surface area contributed by atoms with Crippen LogP contribution in [-0.4, -0.2) is 29.8 Å². The minimum atomic E-state index is -0.374. The van der Waals surface area contributed by atoms with Crippen LogP contribution in [0.4, 0.5) is 0 Å². The molecule has 0 aromatic heterocycles. The lowest BCUT2D eigenvalue weighted by Gasteiger charge is -2.23. The number of esters is 1. The Bertz CT molecular complexity index is 405. The lowest BCUT2D eigenvalue weighted by Crippen LogP contribution is -2.27. The SMILES string of the molecule is C[C@H]1C/C=C/C[C@H]([C@@H](C)CN=[N+]=[N-])OC(=O)CCCC1O. The molecule has 6 heteroatoms. The summed E-state index contributed by atoms with van der Waals surface area (Å²) in [5.41, 5.74) is 8.38. The number of aliphatic hydroxyl groups is 1. The molecule has 1 N–H and O–H groups in total. The number of carbonyl (C=O) groups is 1. The predicted molar refractivity (Wildman–Crippen MR) is 80.5 cm³/mol. The van der Waals surface area contributed by atoms with Crippen molar-refractivity contribution in [2.45, 2.75) is 58.2 Å². The summed E-state index contributed by atoms with van der Waals surface area (Å²) in [4.78, 5) is 14.6. The summed E-state index contributed by atoms with van der Waals surface area (Å²) in [6.07, 6.45) is 6.35. The molecule has 6 nitrogen and oxygen atoms in total. The van der Waals surface area contributed by atoms with Crippen LogP contribution in [0.3, 0.4) is 0 Å². The number of allylic oxidation sites excluding steroid dienone is 1. The van der Waals surface area contributed by atoms with E-state index in [4.69, 9.17) is 10.3 Å². The molecule has 0 bridgehead atoms. The summed E-state index contributed by atoms with van der Waals surface area (Å²) in [7, 11) is 0. The van der Waals surface area contributed by atoms with Gasteiger partial charge in [0.15, 0.2) is 0 Å². The van der Waals surface area contributed by atoms with Crippen LogP contribution >= 0.6 is 0 Å². The molecule has 1 unspecified atom stereocenters. The molecule has 0 saturated heterocycles. The second-order valence-electron chi connectivity index (χ2n) is 5.80. The summed E-state index contributed by atoms with van der Waals surface area (Å²) < 4.78 is 5.49. The maximum atomic E-state index is 11.8. The zero-order valence-electron chi connectivity index (χ0n) is 12.8. The van der Waals surface area contributed by atoms with E-state index in [2.05, 4.69) is 10.0 Å². The van der Waals surface area contributed by atoms with Gasteiger partial charge < -0.3 is 9.84 Å². The average molecular weight is 295 g/mol. The standard InChI is InChI=1S/C15H25N3O3/c1-11-6-3-4-8-14(12(2)10-17-18-16)21-15(20)9-5-7-13(11)19/h3-4,11-14,19H,5-10H2,1-2H3/b4-3+/t11-,12-,13?,14+/m0/s1. The first-order valence-electron chi connectivity index (χ1n) is 7.58. The van der Waals surface area contributed by atoms with E-state index in [1.54, 1.807) is 0 Å². The van der Waals surface area contributed by atoms with Crippen molar-refractivity contribution in [1.29, 1.82) is 0 Å². The fourth-order valence-corrected chi connectivity index (χ4v) is 2.35. The summed E-state index contributed by atoms with van der Waals surface area (Å²) >= 11 is 0. The van der Waals surface area contributed by atoms with Gasteiger partial charge in [-0.25, -0.2) is 0 Å². The number of cyclic esters (lactones) is 1. The number of azide groups is 1. The van der Waals surface area contributed by atoms with Crippen molar-refractivity contribution < 1.29 is 14.6 Å². The molecule has 21 heavy (non-hydrogen) atoms. The molecular weight excluding hydrogens is 270 g/mol. The quantitative estimate of drug-likeness (QED) is 0.284. The van der Waals surface area contributed by atoms with Crippen molar-refractivity contribution >= 4 is 5.97 Å². The number of rotatable bonds is 3. The fourth-order valence-electron chi connectivity index (χ4n) is 2.35. The molecule has 4 atom stereocenters. The van der Waals surface area contributed by atoms with Crippen LogP contribution in [0.2, 0.25) is 0 Å². The zero-order chi connectivity index (χ0) is 15.7. The third kappa shape index (κ3) is 6.65. The molecule has 1 heterocycles. The van der Waals surface area contributed by atoms with Crippen LogP contribution in [0.25, 0.3) is 10.4 Å². The van der Waals surface area contributed by atoms with Gasteiger partial charge in [0.1, 0.15) is 6.10 Å². The van der Waals surface area contributed by atoms with Gasteiger partial charge in [-0.3, -0.25) is 4.79 Å². The van der Waals surface area contributed by atoms with Gasteiger partial charge in [0.25, 0.3) is 0 Å². The molecule has 0 aromatic carbocycles. The van der Waals surface area contributed by atoms with E-state index in [9.17, 15) is 9.90 Å². The Morgan fingerprint density at radius 1 is 1.52 bits per heavy atom. The summed E-state index contributed by atoms with van der Waals surface area (Å²) in [6, 6.07) is 0. The normalized spacial score (nSPS) is 31.0. The van der Waals surface area contributed by atoms with Crippen molar-refractivity contribution in [3.63, 3.8) is 0 Å². The number of hydrogen-bond acceptors (Lipinski definition) is 4. The summed E-state index contributed by atoms with van der Waals surface area (Å²) in [6.45, 7) is 4.25. The molecule has 118 valence electrons. The fraction of sp³-hybridized carbons (Fsp3) is 0.800. The minimum Gasteiger partial charge on any atom is -0.462 e. The largest absolute Gasteiger partial charge is 0.462 e. The van der Waals surface area contributed by atoms with Crippen LogP contribution in [0.5, 0.6) is 0 Å². The number of ether oxygens (including phenoxy) is 1. The number of carbonyl (C=O) groups excluding carboxylic acids is 1. The molecule has 0 saturated carbocycles. The van der Waals surface area contributed by atoms with E-state index in [1.807, 2.05) is 26.0 Å². The van der Waals surface area contributed by atoms with E-state index in [0.29, 0.717) is 32.2 Å². The topological polar surface area (TPSA) is 95.3 Å². The third-order valence-corrected chi connectivity index (χ3v) is 3.93. The molecule has 0 aliphatic carbocycles. The molecule has 0 radical (unpaired) electrons. The van der Waals surface area contributed by atoms with Gasteiger partial charge >= 0.3 is 5.97 Å². The molecule has 0 amide bonds. The molecule has 1 aliphatic rings. The highest BCUT2D eigenvalue weighted by molar-refractivity contribution is 5.69. The number of hydrogen-bond donors (Lipinski definition) is 1. The lowest BCUT2D eigenvalue weighted by molar-refractivity contribution is -0.151. The van der Waals surface area contributed by atoms with Crippen molar-refractivity contribution in [2.24, 2.45) is 17.0 Å². The van der Waals surface area contributed by atoms with Crippen molar-refractivity contribution in [1.82, 2.24) is 0 Å². The molecule has 0 aromatic rings. The number of nitrogens with zero attached hydrogens (tertiary/aromatic N) is 3. The lowest BCUT2D eigenvalue weighted by atomic mass is 9.95. The molecule has 0 spiro atoms. The number of aliphatic hydroxyl groups excluding tert-OH is 1. The second-order valence-corrected chi connectivity index (χ2v) is 5.80. The van der Waals surface area contributed by atoms with Crippen molar-refractivity contribution in [3.8, 4) is 0 Å². The van der Waals surface area contributed by atoms with Crippen molar-refractivity contribution in [3.05, 3.63) is 22.6 Å². The van der Waals surface area contributed by atoms with Gasteiger partial charge in [-0.15, -0.1) is 0 Å².